The minimum Gasteiger partial charge on any atom is -0.497 e. The van der Waals surface area contributed by atoms with E-state index in [9.17, 15) is 13.2 Å². The van der Waals surface area contributed by atoms with Crippen LogP contribution in [-0.4, -0.2) is 27.2 Å². The zero-order valence-electron chi connectivity index (χ0n) is 15.2. The molecule has 0 aliphatic carbocycles. The maximum atomic E-state index is 12.5. The van der Waals surface area contributed by atoms with Crippen LogP contribution in [0.15, 0.2) is 48.5 Å². The van der Waals surface area contributed by atoms with Gasteiger partial charge in [-0.25, -0.2) is 8.42 Å². The summed E-state index contributed by atoms with van der Waals surface area (Å²) in [6.45, 7) is 3.56. The van der Waals surface area contributed by atoms with E-state index in [4.69, 9.17) is 4.74 Å². The largest absolute Gasteiger partial charge is 0.497 e. The highest BCUT2D eigenvalue weighted by Crippen LogP contribution is 2.21. The first kappa shape index (κ1) is 19.8. The van der Waals surface area contributed by atoms with Crippen molar-refractivity contribution < 1.29 is 17.9 Å². The Morgan fingerprint density at radius 1 is 1.04 bits per heavy atom. The topological polar surface area (TPSA) is 84.5 Å². The molecule has 1 atom stereocenters. The van der Waals surface area contributed by atoms with E-state index in [2.05, 4.69) is 10.0 Å². The minimum atomic E-state index is -3.33. The zero-order valence-corrected chi connectivity index (χ0v) is 16.0. The normalized spacial score (nSPS) is 12.3. The molecule has 0 aromatic heterocycles. The summed E-state index contributed by atoms with van der Waals surface area (Å²) in [5, 5.41) is 3.00. The van der Waals surface area contributed by atoms with Crippen LogP contribution in [0.25, 0.3) is 0 Å². The molecular weight excluding hydrogens is 352 g/mol. The van der Waals surface area contributed by atoms with Crippen LogP contribution in [0.2, 0.25) is 0 Å². The average molecular weight is 376 g/mol. The van der Waals surface area contributed by atoms with Gasteiger partial charge in [-0.3, -0.25) is 9.52 Å². The monoisotopic (exact) mass is 376 g/mol. The van der Waals surface area contributed by atoms with Gasteiger partial charge in [0.1, 0.15) is 5.75 Å². The summed E-state index contributed by atoms with van der Waals surface area (Å²) in [6, 6.07) is 13.8. The molecule has 1 amide bonds. The Hall–Kier alpha value is -2.54. The van der Waals surface area contributed by atoms with Crippen LogP contribution in [0.5, 0.6) is 5.75 Å². The molecule has 7 heteroatoms. The van der Waals surface area contributed by atoms with Gasteiger partial charge in [0.05, 0.1) is 18.9 Å². The molecule has 0 saturated heterocycles. The van der Waals surface area contributed by atoms with E-state index in [0.29, 0.717) is 11.3 Å². The van der Waals surface area contributed by atoms with Crippen LogP contribution in [0.1, 0.15) is 42.2 Å². The highest BCUT2D eigenvalue weighted by Gasteiger charge is 2.15. The number of sulfonamides is 1. The summed E-state index contributed by atoms with van der Waals surface area (Å²) in [5.74, 6) is 0.549. The molecule has 0 spiro atoms. The second-order valence-corrected chi connectivity index (χ2v) is 7.80. The summed E-state index contributed by atoms with van der Waals surface area (Å²) >= 11 is 0. The minimum absolute atomic E-state index is 0.00468. The van der Waals surface area contributed by atoms with Crippen molar-refractivity contribution in [2.24, 2.45) is 0 Å². The van der Waals surface area contributed by atoms with E-state index in [1.807, 2.05) is 31.2 Å². The van der Waals surface area contributed by atoms with Crippen molar-refractivity contribution in [3.05, 3.63) is 59.7 Å². The number of benzene rings is 2. The number of methoxy groups -OCH3 is 1. The highest BCUT2D eigenvalue weighted by molar-refractivity contribution is 7.92. The van der Waals surface area contributed by atoms with Gasteiger partial charge in [-0.1, -0.05) is 19.1 Å². The van der Waals surface area contributed by atoms with Gasteiger partial charge in [0, 0.05) is 11.3 Å². The third-order valence-electron chi connectivity index (χ3n) is 4.03. The lowest BCUT2D eigenvalue weighted by atomic mass is 10.0. The van der Waals surface area contributed by atoms with Crippen molar-refractivity contribution in [3.8, 4) is 5.75 Å². The number of ether oxygens (including phenoxy) is 1. The molecule has 0 radical (unpaired) electrons. The summed E-state index contributed by atoms with van der Waals surface area (Å²) in [6.07, 6.45) is 0.743. The number of rotatable bonds is 8. The molecule has 0 bridgehead atoms. The van der Waals surface area contributed by atoms with Crippen molar-refractivity contribution >= 4 is 21.6 Å². The van der Waals surface area contributed by atoms with Crippen LogP contribution >= 0.6 is 0 Å². The van der Waals surface area contributed by atoms with Gasteiger partial charge in [-0.05, 0) is 55.3 Å². The van der Waals surface area contributed by atoms with E-state index in [1.54, 1.807) is 38.3 Å². The summed E-state index contributed by atoms with van der Waals surface area (Å²) < 4.78 is 30.8. The SMILES string of the molecule is CC[C@H](NC(=O)c1ccc(NS(=O)(=O)CC)cc1)c1ccc(OC)cc1. The molecule has 0 heterocycles. The number of hydrogen-bond donors (Lipinski definition) is 2. The van der Waals surface area contributed by atoms with E-state index in [1.165, 1.54) is 0 Å². The first-order valence-corrected chi connectivity index (χ1v) is 10.1. The highest BCUT2D eigenvalue weighted by atomic mass is 32.2. The van der Waals surface area contributed by atoms with Gasteiger partial charge in [0.25, 0.3) is 5.91 Å². The van der Waals surface area contributed by atoms with Gasteiger partial charge in [0.15, 0.2) is 0 Å². The maximum Gasteiger partial charge on any atom is 0.251 e. The maximum absolute atomic E-state index is 12.5. The van der Waals surface area contributed by atoms with E-state index >= 15 is 0 Å². The molecule has 0 aliphatic rings. The third kappa shape index (κ3) is 5.23. The molecule has 2 aromatic carbocycles. The first-order valence-electron chi connectivity index (χ1n) is 8.44. The molecule has 26 heavy (non-hydrogen) atoms. The molecule has 2 rings (SSSR count). The van der Waals surface area contributed by atoms with Crippen molar-refractivity contribution in [1.82, 2.24) is 5.32 Å². The Labute approximate surface area is 154 Å². The quantitative estimate of drug-likeness (QED) is 0.740. The summed E-state index contributed by atoms with van der Waals surface area (Å²) in [5.41, 5.74) is 1.90. The molecule has 6 nitrogen and oxygen atoms in total. The Bertz CT molecular complexity index is 831. The van der Waals surface area contributed by atoms with Gasteiger partial charge in [0.2, 0.25) is 10.0 Å². The smallest absolute Gasteiger partial charge is 0.251 e. The Morgan fingerprint density at radius 3 is 2.15 bits per heavy atom. The third-order valence-corrected chi connectivity index (χ3v) is 5.34. The Morgan fingerprint density at radius 2 is 1.65 bits per heavy atom. The second kappa shape index (κ2) is 8.71. The fraction of sp³-hybridized carbons (Fsp3) is 0.316. The fourth-order valence-electron chi connectivity index (χ4n) is 2.44. The Balaban J connectivity index is 2.07. The standard InChI is InChI=1S/C19H24N2O4S/c1-4-18(14-8-12-17(25-3)13-9-14)20-19(22)15-6-10-16(11-7-15)21-26(23,24)5-2/h6-13,18,21H,4-5H2,1-3H3,(H,20,22)/t18-/m0/s1. The summed E-state index contributed by atoms with van der Waals surface area (Å²) in [4.78, 5) is 12.5. The zero-order chi connectivity index (χ0) is 19.2. The van der Waals surface area contributed by atoms with Gasteiger partial charge < -0.3 is 10.1 Å². The van der Waals surface area contributed by atoms with Gasteiger partial charge >= 0.3 is 0 Å². The van der Waals surface area contributed by atoms with Crippen LogP contribution in [0.3, 0.4) is 0 Å². The molecule has 2 aromatic rings. The number of amides is 1. The van der Waals surface area contributed by atoms with Crippen molar-refractivity contribution in [3.63, 3.8) is 0 Å². The molecule has 0 saturated carbocycles. The second-order valence-electron chi connectivity index (χ2n) is 5.79. The average Bonchev–Trinajstić information content (AvgIpc) is 2.66. The van der Waals surface area contributed by atoms with Gasteiger partial charge in [-0.2, -0.15) is 0 Å². The predicted molar refractivity (Wildman–Crippen MR) is 103 cm³/mol. The lowest BCUT2D eigenvalue weighted by Gasteiger charge is -2.18. The van der Waals surface area contributed by atoms with Crippen LogP contribution in [0, 0.1) is 0 Å². The molecule has 0 aliphatic heterocycles. The fourth-order valence-corrected chi connectivity index (χ4v) is 3.08. The Kier molecular flexibility index (Phi) is 6.63. The first-order chi connectivity index (χ1) is 12.4. The van der Waals surface area contributed by atoms with E-state index in [-0.39, 0.29) is 17.7 Å². The number of carbonyl (C=O) groups is 1. The molecule has 0 unspecified atom stereocenters. The van der Waals surface area contributed by atoms with Crippen molar-refractivity contribution in [2.45, 2.75) is 26.3 Å². The molecular formula is C19H24N2O4S. The van der Waals surface area contributed by atoms with Crippen LogP contribution in [-0.2, 0) is 10.0 Å². The van der Waals surface area contributed by atoms with E-state index < -0.39 is 10.0 Å². The lowest BCUT2D eigenvalue weighted by Crippen LogP contribution is -2.28. The predicted octanol–water partition coefficient (Wildman–Crippen LogP) is 3.34. The molecule has 0 fully saturated rings. The number of hydrogen-bond acceptors (Lipinski definition) is 4. The lowest BCUT2D eigenvalue weighted by molar-refractivity contribution is 0.0935. The van der Waals surface area contributed by atoms with Crippen molar-refractivity contribution in [1.29, 1.82) is 0 Å². The summed E-state index contributed by atoms with van der Waals surface area (Å²) in [7, 11) is -1.72. The number of anilines is 1. The van der Waals surface area contributed by atoms with Crippen LogP contribution < -0.4 is 14.8 Å². The number of carbonyl (C=O) groups excluding carboxylic acids is 1. The number of nitrogens with one attached hydrogen (secondary N) is 2. The molecule has 140 valence electrons. The van der Waals surface area contributed by atoms with Gasteiger partial charge in [-0.15, -0.1) is 0 Å². The van der Waals surface area contributed by atoms with Crippen molar-refractivity contribution in [2.75, 3.05) is 17.6 Å². The molecule has 2 N–H and O–H groups in total. The van der Waals surface area contributed by atoms with E-state index in [0.717, 1.165) is 17.7 Å². The van der Waals surface area contributed by atoms with Crippen LogP contribution in [0.4, 0.5) is 5.69 Å².